The lowest BCUT2D eigenvalue weighted by molar-refractivity contribution is -0.144. The summed E-state index contributed by atoms with van der Waals surface area (Å²) in [6, 6.07) is 4.10. The van der Waals surface area contributed by atoms with Crippen LogP contribution in [0, 0.1) is 17.8 Å². The molecule has 0 saturated carbocycles. The quantitative estimate of drug-likeness (QED) is 0.168. The minimum absolute atomic E-state index is 0.0455. The van der Waals surface area contributed by atoms with Gasteiger partial charge in [-0.15, -0.1) is 0 Å². The van der Waals surface area contributed by atoms with Gasteiger partial charge in [-0.05, 0) is 49.3 Å². The number of hydrogen-bond acceptors (Lipinski definition) is 11. The third kappa shape index (κ3) is 12.5. The van der Waals surface area contributed by atoms with Gasteiger partial charge in [-0.1, -0.05) is 47.6 Å². The van der Waals surface area contributed by atoms with Gasteiger partial charge in [-0.25, -0.2) is 14.4 Å². The molecule has 12 nitrogen and oxygen atoms in total. The summed E-state index contributed by atoms with van der Waals surface area (Å²) < 4.78 is 30.9. The Morgan fingerprint density at radius 2 is 1.32 bits per heavy atom. The SMILES string of the molecule is CC(C)COC(=O)Oc1ccc(CC(N)(C[C@H](C)OC(=O)OC(C)C(C)C)C(=O)O)cc1OC(=O)OCC(C)C. The van der Waals surface area contributed by atoms with Crippen molar-refractivity contribution >= 4 is 24.4 Å². The lowest BCUT2D eigenvalue weighted by Gasteiger charge is -2.28. The van der Waals surface area contributed by atoms with Gasteiger partial charge in [-0.3, -0.25) is 4.79 Å². The average molecular weight is 570 g/mol. The molecule has 1 rings (SSSR count). The minimum Gasteiger partial charge on any atom is -0.480 e. The number of carbonyl (C=O) groups excluding carboxylic acids is 3. The Morgan fingerprint density at radius 3 is 1.80 bits per heavy atom. The molecule has 0 aliphatic heterocycles. The van der Waals surface area contributed by atoms with Crippen molar-refractivity contribution < 1.29 is 52.7 Å². The van der Waals surface area contributed by atoms with E-state index < -0.39 is 42.2 Å². The maximum absolute atomic E-state index is 12.2. The van der Waals surface area contributed by atoms with Gasteiger partial charge < -0.3 is 39.3 Å². The molecule has 0 aromatic heterocycles. The van der Waals surface area contributed by atoms with Crippen LogP contribution in [0.2, 0.25) is 0 Å². The number of rotatable bonds is 14. The number of aliphatic carboxylic acids is 1. The van der Waals surface area contributed by atoms with E-state index in [9.17, 15) is 24.3 Å². The Kier molecular flexibility index (Phi) is 13.7. The van der Waals surface area contributed by atoms with E-state index in [1.165, 1.54) is 25.1 Å². The Morgan fingerprint density at radius 1 is 0.800 bits per heavy atom. The van der Waals surface area contributed by atoms with E-state index in [0.717, 1.165) is 0 Å². The summed E-state index contributed by atoms with van der Waals surface area (Å²) in [6.45, 7) is 14.6. The van der Waals surface area contributed by atoms with E-state index >= 15 is 0 Å². The van der Waals surface area contributed by atoms with Crippen LogP contribution in [-0.2, 0) is 30.2 Å². The molecule has 0 aliphatic rings. The Balaban J connectivity index is 3.13. The number of nitrogens with two attached hydrogens (primary N) is 1. The number of hydrogen-bond donors (Lipinski definition) is 2. The molecule has 226 valence electrons. The monoisotopic (exact) mass is 569 g/mol. The molecule has 0 heterocycles. The van der Waals surface area contributed by atoms with Gasteiger partial charge in [-0.2, -0.15) is 0 Å². The summed E-state index contributed by atoms with van der Waals surface area (Å²) in [4.78, 5) is 48.6. The van der Waals surface area contributed by atoms with Crippen molar-refractivity contribution in [1.29, 1.82) is 0 Å². The highest BCUT2D eigenvalue weighted by Gasteiger charge is 2.37. The third-order valence-corrected chi connectivity index (χ3v) is 5.58. The first kappa shape index (κ1) is 34.5. The van der Waals surface area contributed by atoms with Gasteiger partial charge in [0.05, 0.1) is 13.2 Å². The number of ether oxygens (including phenoxy) is 6. The summed E-state index contributed by atoms with van der Waals surface area (Å²) in [5.74, 6) is -1.50. The first-order chi connectivity index (χ1) is 18.5. The highest BCUT2D eigenvalue weighted by atomic mass is 16.7. The smallest absolute Gasteiger partial charge is 0.480 e. The molecule has 0 amide bonds. The van der Waals surface area contributed by atoms with Crippen molar-refractivity contribution in [3.63, 3.8) is 0 Å². The number of carboxylic acid groups (broad SMARTS) is 1. The highest BCUT2D eigenvalue weighted by molar-refractivity contribution is 5.79. The predicted molar refractivity (Wildman–Crippen MR) is 144 cm³/mol. The number of carbonyl (C=O) groups is 4. The van der Waals surface area contributed by atoms with E-state index in [-0.39, 0.29) is 55.3 Å². The maximum Gasteiger partial charge on any atom is 0.513 e. The molecule has 0 bridgehead atoms. The van der Waals surface area contributed by atoms with Crippen LogP contribution in [0.1, 0.15) is 67.4 Å². The van der Waals surface area contributed by atoms with Gasteiger partial charge in [0.1, 0.15) is 17.7 Å². The molecule has 0 radical (unpaired) electrons. The average Bonchev–Trinajstić information content (AvgIpc) is 2.82. The van der Waals surface area contributed by atoms with E-state index in [2.05, 4.69) is 0 Å². The highest BCUT2D eigenvalue weighted by Crippen LogP contribution is 2.31. The standard InChI is InChI=1S/C28H43NO11/c1-16(2)14-35-25(32)39-22-10-9-21(11-23(22)40-26(33)36-15-17(3)4)13-28(29,24(30)31)12-19(7)37-27(34)38-20(8)18(5)6/h9-11,16-20H,12-15,29H2,1-8H3,(H,30,31)/t19-,20?,28?/m0/s1. The molecule has 2 unspecified atom stereocenters. The second-order valence-electron chi connectivity index (χ2n) is 11.0. The fourth-order valence-corrected chi connectivity index (χ4v) is 3.17. The van der Waals surface area contributed by atoms with Crippen molar-refractivity contribution in [2.75, 3.05) is 13.2 Å². The van der Waals surface area contributed by atoms with Crippen LogP contribution in [0.3, 0.4) is 0 Å². The van der Waals surface area contributed by atoms with Crippen molar-refractivity contribution in [3.05, 3.63) is 23.8 Å². The normalized spacial score (nSPS) is 14.2. The predicted octanol–water partition coefficient (Wildman–Crippen LogP) is 5.33. The molecule has 0 spiro atoms. The molecule has 40 heavy (non-hydrogen) atoms. The molecule has 3 atom stereocenters. The zero-order valence-electron chi connectivity index (χ0n) is 24.6. The zero-order chi connectivity index (χ0) is 30.6. The fourth-order valence-electron chi connectivity index (χ4n) is 3.17. The minimum atomic E-state index is -1.88. The third-order valence-electron chi connectivity index (χ3n) is 5.58. The Labute approximate surface area is 235 Å². The van der Waals surface area contributed by atoms with Crippen molar-refractivity contribution in [2.45, 2.75) is 86.0 Å². The molecule has 0 fully saturated rings. The Bertz CT molecular complexity index is 1010. The number of carboxylic acids is 1. The van der Waals surface area contributed by atoms with Gasteiger partial charge in [0.25, 0.3) is 0 Å². The van der Waals surface area contributed by atoms with Gasteiger partial charge >= 0.3 is 24.4 Å². The topological polar surface area (TPSA) is 170 Å². The van der Waals surface area contributed by atoms with Crippen LogP contribution in [0.4, 0.5) is 14.4 Å². The van der Waals surface area contributed by atoms with Crippen LogP contribution in [0.15, 0.2) is 18.2 Å². The van der Waals surface area contributed by atoms with Gasteiger partial charge in [0, 0.05) is 12.8 Å². The fraction of sp³-hybridized carbons (Fsp3) is 0.643. The molecule has 3 N–H and O–H groups in total. The zero-order valence-corrected chi connectivity index (χ0v) is 24.6. The summed E-state index contributed by atoms with van der Waals surface area (Å²) in [7, 11) is 0. The number of benzene rings is 1. The molecule has 0 saturated heterocycles. The molecule has 1 aromatic carbocycles. The van der Waals surface area contributed by atoms with E-state index in [1.807, 2.05) is 41.5 Å². The van der Waals surface area contributed by atoms with E-state index in [4.69, 9.17) is 34.2 Å². The summed E-state index contributed by atoms with van der Waals surface area (Å²) >= 11 is 0. The first-order valence-corrected chi connectivity index (χ1v) is 13.2. The summed E-state index contributed by atoms with van der Waals surface area (Å²) in [6.07, 6.45) is -4.76. The van der Waals surface area contributed by atoms with Crippen molar-refractivity contribution in [1.82, 2.24) is 0 Å². The van der Waals surface area contributed by atoms with E-state index in [0.29, 0.717) is 5.56 Å². The molecule has 12 heteroatoms. The maximum atomic E-state index is 12.2. The first-order valence-electron chi connectivity index (χ1n) is 13.2. The summed E-state index contributed by atoms with van der Waals surface area (Å²) in [5, 5.41) is 9.92. The largest absolute Gasteiger partial charge is 0.513 e. The van der Waals surface area contributed by atoms with Crippen LogP contribution in [0.25, 0.3) is 0 Å². The molecule has 1 aromatic rings. The van der Waals surface area contributed by atoms with Crippen LogP contribution >= 0.6 is 0 Å². The van der Waals surface area contributed by atoms with Gasteiger partial charge in [0.2, 0.25) is 0 Å². The van der Waals surface area contributed by atoms with Crippen LogP contribution < -0.4 is 15.2 Å². The lowest BCUT2D eigenvalue weighted by atomic mass is 9.86. The molecule has 0 aliphatic carbocycles. The van der Waals surface area contributed by atoms with Crippen LogP contribution in [-0.4, -0.2) is 60.5 Å². The van der Waals surface area contributed by atoms with E-state index in [1.54, 1.807) is 6.92 Å². The lowest BCUT2D eigenvalue weighted by Crippen LogP contribution is -2.52. The second kappa shape index (κ2) is 15.9. The second-order valence-corrected chi connectivity index (χ2v) is 11.0. The van der Waals surface area contributed by atoms with Crippen molar-refractivity contribution in [2.24, 2.45) is 23.5 Å². The molecular weight excluding hydrogens is 526 g/mol. The Hall–Kier alpha value is -3.54. The van der Waals surface area contributed by atoms with Gasteiger partial charge in [0.15, 0.2) is 11.5 Å². The molecular formula is C28H43NO11. The van der Waals surface area contributed by atoms with Crippen LogP contribution in [0.5, 0.6) is 11.5 Å². The van der Waals surface area contributed by atoms with Crippen molar-refractivity contribution in [3.8, 4) is 11.5 Å². The summed E-state index contributed by atoms with van der Waals surface area (Å²) in [5.41, 5.74) is 4.71.